The predicted molar refractivity (Wildman–Crippen MR) is 77.3 cm³/mol. The smallest absolute Gasteiger partial charge is 0.257 e. The molecule has 3 aromatic rings. The van der Waals surface area contributed by atoms with Gasteiger partial charge in [-0.2, -0.15) is 4.98 Å². The summed E-state index contributed by atoms with van der Waals surface area (Å²) in [7, 11) is 0. The highest BCUT2D eigenvalue weighted by Crippen LogP contribution is 2.15. The van der Waals surface area contributed by atoms with E-state index in [1.807, 2.05) is 30.3 Å². The van der Waals surface area contributed by atoms with Crippen molar-refractivity contribution in [3.8, 4) is 11.5 Å². The molecule has 0 aliphatic rings. The molecule has 0 radical (unpaired) electrons. The first-order chi connectivity index (χ1) is 10.7. The Morgan fingerprint density at radius 3 is 2.55 bits per heavy atom. The summed E-state index contributed by atoms with van der Waals surface area (Å²) in [5.41, 5.74) is 1.18. The summed E-state index contributed by atoms with van der Waals surface area (Å²) < 4.78 is 17.9. The summed E-state index contributed by atoms with van der Waals surface area (Å²) in [5, 5.41) is 6.46. The van der Waals surface area contributed by atoms with Crippen LogP contribution in [0.4, 0.5) is 4.39 Å². The van der Waals surface area contributed by atoms with Crippen molar-refractivity contribution in [2.24, 2.45) is 0 Å². The number of nitrogens with zero attached hydrogens (tertiary/aromatic N) is 2. The van der Waals surface area contributed by atoms with Crippen LogP contribution in [-0.4, -0.2) is 16.0 Å². The van der Waals surface area contributed by atoms with E-state index in [0.717, 1.165) is 5.56 Å². The minimum absolute atomic E-state index is 0.131. The Morgan fingerprint density at radius 2 is 1.82 bits per heavy atom. The van der Waals surface area contributed by atoms with Gasteiger partial charge in [0.05, 0.1) is 6.54 Å². The molecule has 5 nitrogen and oxygen atoms in total. The molecule has 0 spiro atoms. The number of hydrogen-bond donors (Lipinski definition) is 1. The van der Waals surface area contributed by atoms with Gasteiger partial charge in [0.15, 0.2) is 5.82 Å². The minimum atomic E-state index is -0.387. The zero-order valence-corrected chi connectivity index (χ0v) is 11.5. The maximum absolute atomic E-state index is 12.8. The molecule has 0 atom stereocenters. The van der Waals surface area contributed by atoms with Gasteiger partial charge in [0.1, 0.15) is 5.82 Å². The van der Waals surface area contributed by atoms with Crippen molar-refractivity contribution in [3.05, 3.63) is 71.8 Å². The fourth-order valence-corrected chi connectivity index (χ4v) is 1.89. The van der Waals surface area contributed by atoms with Crippen molar-refractivity contribution >= 4 is 5.91 Å². The maximum Gasteiger partial charge on any atom is 0.257 e. The van der Waals surface area contributed by atoms with Crippen molar-refractivity contribution in [2.75, 3.05) is 0 Å². The summed E-state index contributed by atoms with van der Waals surface area (Å²) >= 11 is 0. The van der Waals surface area contributed by atoms with Crippen molar-refractivity contribution in [3.63, 3.8) is 0 Å². The van der Waals surface area contributed by atoms with Crippen LogP contribution in [0.15, 0.2) is 59.1 Å². The number of amides is 1. The minimum Gasteiger partial charge on any atom is -0.345 e. The van der Waals surface area contributed by atoms with Crippen LogP contribution in [0.25, 0.3) is 11.5 Å². The van der Waals surface area contributed by atoms with E-state index < -0.39 is 0 Å². The molecule has 0 fully saturated rings. The lowest BCUT2D eigenvalue weighted by Gasteiger charge is -2.01. The zero-order chi connectivity index (χ0) is 15.4. The summed E-state index contributed by atoms with van der Waals surface area (Å²) in [4.78, 5) is 16.1. The molecule has 22 heavy (non-hydrogen) atoms. The van der Waals surface area contributed by atoms with Crippen LogP contribution in [0.1, 0.15) is 16.2 Å². The number of carbonyl (C=O) groups is 1. The Bertz CT molecular complexity index is 770. The Labute approximate surface area is 125 Å². The first-order valence-electron chi connectivity index (χ1n) is 6.64. The molecule has 0 saturated carbocycles. The molecule has 3 rings (SSSR count). The summed E-state index contributed by atoms with van der Waals surface area (Å²) in [6, 6.07) is 14.6. The van der Waals surface area contributed by atoms with Gasteiger partial charge < -0.3 is 9.84 Å². The third-order valence-corrected chi connectivity index (χ3v) is 3.00. The Kier molecular flexibility index (Phi) is 3.91. The van der Waals surface area contributed by atoms with Crippen molar-refractivity contribution in [1.82, 2.24) is 15.5 Å². The molecule has 1 aromatic heterocycles. The van der Waals surface area contributed by atoms with Gasteiger partial charge in [-0.25, -0.2) is 4.39 Å². The monoisotopic (exact) mass is 297 g/mol. The molecule has 1 amide bonds. The van der Waals surface area contributed by atoms with E-state index in [9.17, 15) is 9.18 Å². The number of halogens is 1. The highest BCUT2D eigenvalue weighted by Gasteiger charge is 2.10. The third kappa shape index (κ3) is 3.17. The molecular formula is C16H12FN3O2. The predicted octanol–water partition coefficient (Wildman–Crippen LogP) is 2.81. The van der Waals surface area contributed by atoms with Crippen molar-refractivity contribution in [2.45, 2.75) is 6.54 Å². The quantitative estimate of drug-likeness (QED) is 0.804. The highest BCUT2D eigenvalue weighted by molar-refractivity contribution is 5.94. The van der Waals surface area contributed by atoms with Gasteiger partial charge >= 0.3 is 0 Å². The fourth-order valence-electron chi connectivity index (χ4n) is 1.89. The van der Waals surface area contributed by atoms with Gasteiger partial charge in [-0.05, 0) is 36.4 Å². The molecule has 0 aliphatic carbocycles. The molecule has 0 unspecified atom stereocenters. The highest BCUT2D eigenvalue weighted by atomic mass is 19.1. The third-order valence-electron chi connectivity index (χ3n) is 3.00. The van der Waals surface area contributed by atoms with E-state index >= 15 is 0 Å². The molecule has 2 aromatic carbocycles. The van der Waals surface area contributed by atoms with E-state index in [1.165, 1.54) is 24.3 Å². The number of carbonyl (C=O) groups excluding carboxylic acids is 1. The Hall–Kier alpha value is -3.02. The average Bonchev–Trinajstić information content (AvgIpc) is 3.03. The summed E-state index contributed by atoms with van der Waals surface area (Å²) in [6.45, 7) is 0.131. The number of rotatable bonds is 4. The van der Waals surface area contributed by atoms with Gasteiger partial charge in [0, 0.05) is 11.1 Å². The molecule has 6 heteroatoms. The lowest BCUT2D eigenvalue weighted by atomic mass is 10.2. The SMILES string of the molecule is O=C(NCc1noc(-c2ccccc2)n1)c1ccc(F)cc1. The molecule has 110 valence electrons. The lowest BCUT2D eigenvalue weighted by molar-refractivity contribution is 0.0949. The molecule has 0 saturated heterocycles. The normalized spacial score (nSPS) is 10.4. The summed E-state index contributed by atoms with van der Waals surface area (Å²) in [6.07, 6.45) is 0. The number of aromatic nitrogens is 2. The van der Waals surface area contributed by atoms with Gasteiger partial charge in [0.2, 0.25) is 0 Å². The van der Waals surface area contributed by atoms with Crippen LogP contribution in [-0.2, 0) is 6.54 Å². The van der Waals surface area contributed by atoms with Crippen LogP contribution in [0, 0.1) is 5.82 Å². The van der Waals surface area contributed by atoms with Crippen LogP contribution in [0.2, 0.25) is 0 Å². The summed E-state index contributed by atoms with van der Waals surface area (Å²) in [5.74, 6) is 0.0502. The van der Waals surface area contributed by atoms with E-state index in [1.54, 1.807) is 0 Å². The molecular weight excluding hydrogens is 285 g/mol. The lowest BCUT2D eigenvalue weighted by Crippen LogP contribution is -2.23. The first kappa shape index (κ1) is 13.9. The van der Waals surface area contributed by atoms with E-state index in [-0.39, 0.29) is 18.3 Å². The van der Waals surface area contributed by atoms with E-state index in [2.05, 4.69) is 15.5 Å². The van der Waals surface area contributed by atoms with E-state index in [4.69, 9.17) is 4.52 Å². The second-order valence-electron chi connectivity index (χ2n) is 4.57. The Morgan fingerprint density at radius 1 is 1.09 bits per heavy atom. The first-order valence-corrected chi connectivity index (χ1v) is 6.64. The Balaban J connectivity index is 1.64. The molecule has 0 bridgehead atoms. The van der Waals surface area contributed by atoms with Gasteiger partial charge in [-0.3, -0.25) is 4.79 Å². The second kappa shape index (κ2) is 6.17. The van der Waals surface area contributed by atoms with Gasteiger partial charge in [0.25, 0.3) is 11.8 Å². The zero-order valence-electron chi connectivity index (χ0n) is 11.5. The van der Waals surface area contributed by atoms with Crippen molar-refractivity contribution < 1.29 is 13.7 Å². The van der Waals surface area contributed by atoms with Crippen molar-refractivity contribution in [1.29, 1.82) is 0 Å². The van der Waals surface area contributed by atoms with Crippen LogP contribution >= 0.6 is 0 Å². The second-order valence-corrected chi connectivity index (χ2v) is 4.57. The number of hydrogen-bond acceptors (Lipinski definition) is 4. The maximum atomic E-state index is 12.8. The number of nitrogens with one attached hydrogen (secondary N) is 1. The van der Waals surface area contributed by atoms with Gasteiger partial charge in [-0.1, -0.05) is 23.4 Å². The standard InChI is InChI=1S/C16H12FN3O2/c17-13-8-6-11(7-9-13)15(21)18-10-14-19-16(22-20-14)12-4-2-1-3-5-12/h1-9H,10H2,(H,18,21). The molecule has 0 aliphatic heterocycles. The fraction of sp³-hybridized carbons (Fsp3) is 0.0625. The van der Waals surface area contributed by atoms with Crippen LogP contribution in [0.5, 0.6) is 0 Å². The molecule has 1 heterocycles. The topological polar surface area (TPSA) is 68.0 Å². The molecule has 1 N–H and O–H groups in total. The largest absolute Gasteiger partial charge is 0.345 e. The van der Waals surface area contributed by atoms with E-state index in [0.29, 0.717) is 17.3 Å². The number of benzene rings is 2. The van der Waals surface area contributed by atoms with Gasteiger partial charge in [-0.15, -0.1) is 0 Å². The average molecular weight is 297 g/mol. The van der Waals surface area contributed by atoms with Crippen LogP contribution in [0.3, 0.4) is 0 Å². The van der Waals surface area contributed by atoms with Crippen LogP contribution < -0.4 is 5.32 Å².